The Morgan fingerprint density at radius 3 is 1.77 bits per heavy atom. The Bertz CT molecular complexity index is 1670. The molecular formula is C25H14ClNO8. The second-order valence-electron chi connectivity index (χ2n) is 7.69. The van der Waals surface area contributed by atoms with Crippen molar-refractivity contribution in [3.05, 3.63) is 119 Å². The summed E-state index contributed by atoms with van der Waals surface area (Å²) in [7, 11) is 0. The molecule has 2 aromatic heterocycles. The molecule has 2 heterocycles. The first-order chi connectivity index (χ1) is 16.8. The predicted octanol–water partition coefficient (Wildman–Crippen LogP) is 5.05. The third-order valence-corrected chi connectivity index (χ3v) is 6.06. The fraction of sp³-hybridized carbons (Fsp3) is 0.0400. The van der Waals surface area contributed by atoms with Gasteiger partial charge in [0.25, 0.3) is 5.69 Å². The zero-order valence-electron chi connectivity index (χ0n) is 17.6. The summed E-state index contributed by atoms with van der Waals surface area (Å²) in [6.45, 7) is 0. The van der Waals surface area contributed by atoms with E-state index in [-0.39, 0.29) is 38.2 Å². The molecule has 174 valence electrons. The van der Waals surface area contributed by atoms with E-state index in [1.54, 1.807) is 24.3 Å². The standard InChI is InChI=1S/C25H14ClNO8/c26-16-10-9-12(27(32)33)11-15(16)19(20-22(28)13-5-1-3-7-17(13)34-24(20)30)21-23(29)14-6-2-4-8-18(14)35-25(21)31/h1-11,19,28-29H. The number of benzene rings is 3. The molecule has 35 heavy (non-hydrogen) atoms. The van der Waals surface area contributed by atoms with Crippen LogP contribution in [0.3, 0.4) is 0 Å². The predicted molar refractivity (Wildman–Crippen MR) is 127 cm³/mol. The van der Waals surface area contributed by atoms with Gasteiger partial charge in [0.2, 0.25) is 0 Å². The van der Waals surface area contributed by atoms with Gasteiger partial charge in [-0.25, -0.2) is 9.59 Å². The molecule has 5 aromatic rings. The van der Waals surface area contributed by atoms with Crippen LogP contribution in [0, 0.1) is 10.1 Å². The van der Waals surface area contributed by atoms with Crippen molar-refractivity contribution < 1.29 is 24.0 Å². The lowest BCUT2D eigenvalue weighted by atomic mass is 9.84. The Labute approximate surface area is 200 Å². The molecule has 0 radical (unpaired) electrons. The molecule has 3 aromatic carbocycles. The van der Waals surface area contributed by atoms with E-state index in [0.717, 1.165) is 12.1 Å². The highest BCUT2D eigenvalue weighted by atomic mass is 35.5. The SMILES string of the molecule is O=c1oc2ccccc2c(O)c1C(c1cc([N+](=O)[O-])ccc1Cl)c1c(O)c2ccccc2oc1=O. The van der Waals surface area contributed by atoms with Crippen LogP contribution < -0.4 is 11.3 Å². The molecule has 9 nitrogen and oxygen atoms in total. The number of aromatic hydroxyl groups is 2. The van der Waals surface area contributed by atoms with Crippen molar-refractivity contribution in [2.45, 2.75) is 5.92 Å². The van der Waals surface area contributed by atoms with E-state index in [1.165, 1.54) is 30.3 Å². The summed E-state index contributed by atoms with van der Waals surface area (Å²) in [5, 5.41) is 34.0. The first-order valence-corrected chi connectivity index (χ1v) is 10.6. The molecule has 0 fully saturated rings. The summed E-state index contributed by atoms with van der Waals surface area (Å²) >= 11 is 6.39. The quantitative estimate of drug-likeness (QED) is 0.202. The van der Waals surface area contributed by atoms with Crippen LogP contribution in [0.1, 0.15) is 22.6 Å². The summed E-state index contributed by atoms with van der Waals surface area (Å²) < 4.78 is 10.8. The molecule has 0 saturated heterocycles. The smallest absolute Gasteiger partial charge is 0.344 e. The van der Waals surface area contributed by atoms with Crippen molar-refractivity contribution in [3.8, 4) is 11.5 Å². The van der Waals surface area contributed by atoms with Gasteiger partial charge >= 0.3 is 11.3 Å². The van der Waals surface area contributed by atoms with E-state index in [1.807, 2.05) is 0 Å². The minimum absolute atomic E-state index is 0.0560. The summed E-state index contributed by atoms with van der Waals surface area (Å²) in [5.41, 5.74) is -3.25. The van der Waals surface area contributed by atoms with Gasteiger partial charge in [0, 0.05) is 17.2 Å². The third kappa shape index (κ3) is 3.58. The lowest BCUT2D eigenvalue weighted by Gasteiger charge is -2.20. The first-order valence-electron chi connectivity index (χ1n) is 10.2. The second kappa shape index (κ2) is 8.30. The number of para-hydroxylation sites is 2. The van der Waals surface area contributed by atoms with Crippen LogP contribution in [0.15, 0.2) is 85.2 Å². The zero-order chi connectivity index (χ0) is 24.9. The number of non-ortho nitro benzene ring substituents is 1. The number of rotatable bonds is 4. The Kier molecular flexibility index (Phi) is 5.26. The minimum Gasteiger partial charge on any atom is -0.507 e. The largest absolute Gasteiger partial charge is 0.507 e. The van der Waals surface area contributed by atoms with Crippen molar-refractivity contribution in [1.29, 1.82) is 0 Å². The molecule has 0 saturated carbocycles. The van der Waals surface area contributed by atoms with E-state index in [2.05, 4.69) is 0 Å². The maximum atomic E-state index is 13.1. The van der Waals surface area contributed by atoms with E-state index >= 15 is 0 Å². The van der Waals surface area contributed by atoms with Crippen molar-refractivity contribution in [1.82, 2.24) is 0 Å². The number of nitrogens with zero attached hydrogens (tertiary/aromatic N) is 1. The molecule has 0 unspecified atom stereocenters. The molecule has 0 aliphatic heterocycles. The fourth-order valence-corrected chi connectivity index (χ4v) is 4.35. The van der Waals surface area contributed by atoms with Gasteiger partial charge < -0.3 is 19.0 Å². The molecular weight excluding hydrogens is 478 g/mol. The molecule has 0 bridgehead atoms. The second-order valence-corrected chi connectivity index (χ2v) is 8.10. The van der Waals surface area contributed by atoms with Gasteiger partial charge in [0.05, 0.1) is 32.7 Å². The van der Waals surface area contributed by atoms with Crippen molar-refractivity contribution >= 4 is 39.2 Å². The maximum absolute atomic E-state index is 13.1. The molecule has 0 atom stereocenters. The number of hydrogen-bond donors (Lipinski definition) is 2. The highest BCUT2D eigenvalue weighted by molar-refractivity contribution is 6.31. The van der Waals surface area contributed by atoms with Crippen molar-refractivity contribution in [3.63, 3.8) is 0 Å². The topological polar surface area (TPSA) is 144 Å². The molecule has 5 rings (SSSR count). The van der Waals surface area contributed by atoms with Crippen LogP contribution in [-0.2, 0) is 0 Å². The lowest BCUT2D eigenvalue weighted by Crippen LogP contribution is -2.21. The molecule has 10 heteroatoms. The number of halogens is 1. The highest BCUT2D eigenvalue weighted by Crippen LogP contribution is 2.44. The fourth-order valence-electron chi connectivity index (χ4n) is 4.13. The average Bonchev–Trinajstić information content (AvgIpc) is 2.83. The van der Waals surface area contributed by atoms with Crippen LogP contribution in [0.4, 0.5) is 5.69 Å². The first kappa shape index (κ1) is 22.2. The Morgan fingerprint density at radius 1 is 0.800 bits per heavy atom. The van der Waals surface area contributed by atoms with Gasteiger partial charge in [-0.05, 0) is 35.9 Å². The summed E-state index contributed by atoms with van der Waals surface area (Å²) in [5.74, 6) is -2.63. The molecule has 0 aliphatic rings. The van der Waals surface area contributed by atoms with E-state index in [9.17, 15) is 29.9 Å². The maximum Gasteiger partial charge on any atom is 0.344 e. The van der Waals surface area contributed by atoms with Gasteiger partial charge in [-0.15, -0.1) is 0 Å². The number of nitro benzene ring substituents is 1. The third-order valence-electron chi connectivity index (χ3n) is 5.72. The Balaban J connectivity index is 1.95. The summed E-state index contributed by atoms with van der Waals surface area (Å²) in [4.78, 5) is 37.1. The van der Waals surface area contributed by atoms with Gasteiger partial charge in [-0.2, -0.15) is 0 Å². The summed E-state index contributed by atoms with van der Waals surface area (Å²) in [6, 6.07) is 15.8. The number of hydrogen-bond acceptors (Lipinski definition) is 8. The minimum atomic E-state index is -1.57. The van der Waals surface area contributed by atoms with Crippen LogP contribution in [0.25, 0.3) is 21.9 Å². The zero-order valence-corrected chi connectivity index (χ0v) is 18.4. The Morgan fingerprint density at radius 2 is 1.29 bits per heavy atom. The molecule has 0 aliphatic carbocycles. The molecule has 0 amide bonds. The monoisotopic (exact) mass is 491 g/mol. The van der Waals surface area contributed by atoms with Gasteiger partial charge in [-0.1, -0.05) is 35.9 Å². The van der Waals surface area contributed by atoms with Gasteiger partial charge in [0.1, 0.15) is 22.7 Å². The van der Waals surface area contributed by atoms with E-state index in [4.69, 9.17) is 20.4 Å². The average molecular weight is 492 g/mol. The van der Waals surface area contributed by atoms with Gasteiger partial charge in [-0.3, -0.25) is 10.1 Å². The van der Waals surface area contributed by atoms with Crippen LogP contribution in [0.5, 0.6) is 11.5 Å². The van der Waals surface area contributed by atoms with Crippen molar-refractivity contribution in [2.75, 3.05) is 0 Å². The lowest BCUT2D eigenvalue weighted by molar-refractivity contribution is -0.384. The number of nitro groups is 1. The molecule has 0 spiro atoms. The van der Waals surface area contributed by atoms with Crippen LogP contribution in [0.2, 0.25) is 5.02 Å². The van der Waals surface area contributed by atoms with Gasteiger partial charge in [0.15, 0.2) is 0 Å². The Hall–Kier alpha value is -4.63. The van der Waals surface area contributed by atoms with Crippen LogP contribution in [-0.4, -0.2) is 15.1 Å². The normalized spacial score (nSPS) is 11.4. The van der Waals surface area contributed by atoms with E-state index < -0.39 is 44.7 Å². The number of fused-ring (bicyclic) bond motifs is 2. The molecule has 2 N–H and O–H groups in total. The van der Waals surface area contributed by atoms with Crippen molar-refractivity contribution in [2.24, 2.45) is 0 Å². The highest BCUT2D eigenvalue weighted by Gasteiger charge is 2.34. The summed E-state index contributed by atoms with van der Waals surface area (Å²) in [6.07, 6.45) is 0. The van der Waals surface area contributed by atoms with Crippen LogP contribution >= 0.6 is 11.6 Å². The van der Waals surface area contributed by atoms with E-state index in [0.29, 0.717) is 0 Å².